The third kappa shape index (κ3) is 7.27. The second kappa shape index (κ2) is 11.4. The van der Waals surface area contributed by atoms with Crippen LogP contribution in [0.1, 0.15) is 36.7 Å². The zero-order valence-corrected chi connectivity index (χ0v) is 19.2. The van der Waals surface area contributed by atoms with E-state index in [0.29, 0.717) is 11.1 Å². The molecule has 0 fully saturated rings. The zero-order valence-electron chi connectivity index (χ0n) is 19.2. The van der Waals surface area contributed by atoms with Crippen LogP contribution in [-0.2, 0) is 14.4 Å². The highest BCUT2D eigenvalue weighted by molar-refractivity contribution is 6.07. The fourth-order valence-corrected chi connectivity index (χ4v) is 2.32. The third-order valence-corrected chi connectivity index (χ3v) is 4.20. The number of esters is 3. The van der Waals surface area contributed by atoms with Crippen molar-refractivity contribution in [1.82, 2.24) is 0 Å². The lowest BCUT2D eigenvalue weighted by atomic mass is 10.1. The molecule has 0 bridgehead atoms. The van der Waals surface area contributed by atoms with E-state index in [1.807, 2.05) is 0 Å². The summed E-state index contributed by atoms with van der Waals surface area (Å²) in [5, 5.41) is 0. The molecule has 2 rings (SSSR count). The molecule has 0 aromatic heterocycles. The smallest absolute Gasteiger partial charge is 0.338 e. The highest BCUT2D eigenvalue weighted by atomic mass is 16.6. The summed E-state index contributed by atoms with van der Waals surface area (Å²) in [6, 6.07) is 10.5. The van der Waals surface area contributed by atoms with E-state index in [1.165, 1.54) is 69.3 Å². The lowest BCUT2D eigenvalue weighted by Gasteiger charge is -2.11. The van der Waals surface area contributed by atoms with E-state index in [-0.39, 0.29) is 39.8 Å². The predicted octanol–water partition coefficient (Wildman–Crippen LogP) is 5.03. The van der Waals surface area contributed by atoms with E-state index in [2.05, 4.69) is 19.7 Å². The molecule has 0 aliphatic carbocycles. The Balaban J connectivity index is 2.22. The maximum Gasteiger partial charge on any atom is 0.338 e. The van der Waals surface area contributed by atoms with Gasteiger partial charge in [-0.05, 0) is 68.8 Å². The summed E-state index contributed by atoms with van der Waals surface area (Å²) < 4.78 is 15.6. The molecule has 2 aromatic rings. The van der Waals surface area contributed by atoms with Crippen molar-refractivity contribution in [1.29, 1.82) is 0 Å². The van der Waals surface area contributed by atoms with Gasteiger partial charge in [0.05, 0.1) is 0 Å². The largest absolute Gasteiger partial charge is 0.423 e. The van der Waals surface area contributed by atoms with Gasteiger partial charge in [-0.25, -0.2) is 14.4 Å². The molecule has 0 aliphatic rings. The highest BCUT2D eigenvalue weighted by Gasteiger charge is 2.15. The maximum atomic E-state index is 12.5. The number of ketones is 1. The molecule has 7 heteroatoms. The second-order valence-corrected chi connectivity index (χ2v) is 7.44. The SMILES string of the molecule is C=C(C)C(=O)Oc1ccc(C(=O)C=Cc2ccc(OC(=O)C(=C)C)c(OC(=O)C(=C)C)c2)cc1. The number of carbonyl (C=O) groups is 4. The van der Waals surface area contributed by atoms with Gasteiger partial charge in [-0.15, -0.1) is 0 Å². The molecule has 0 unspecified atom stereocenters. The quantitative estimate of drug-likeness (QED) is 0.224. The van der Waals surface area contributed by atoms with Crippen molar-refractivity contribution in [2.24, 2.45) is 0 Å². The molecule has 0 N–H and O–H groups in total. The number of rotatable bonds is 9. The molecule has 34 heavy (non-hydrogen) atoms. The van der Waals surface area contributed by atoms with Crippen LogP contribution in [0.2, 0.25) is 0 Å². The lowest BCUT2D eigenvalue weighted by molar-refractivity contribution is -0.132. The van der Waals surface area contributed by atoms with Gasteiger partial charge in [-0.1, -0.05) is 31.9 Å². The second-order valence-electron chi connectivity index (χ2n) is 7.44. The first kappa shape index (κ1) is 25.7. The Labute approximate surface area is 197 Å². The standard InChI is InChI=1S/C27H24O7/c1-16(2)25(29)32-21-11-9-20(10-12-21)22(28)13-7-19-8-14-23(33-26(30)17(3)4)24(15-19)34-27(31)18(5)6/h7-15H,1,3,5H2,2,4,6H3. The lowest BCUT2D eigenvalue weighted by Crippen LogP contribution is -2.12. The van der Waals surface area contributed by atoms with Crippen LogP contribution in [0, 0.1) is 0 Å². The summed E-state index contributed by atoms with van der Waals surface area (Å²) in [6.45, 7) is 15.1. The van der Waals surface area contributed by atoms with Gasteiger partial charge < -0.3 is 14.2 Å². The average Bonchev–Trinajstić information content (AvgIpc) is 2.78. The van der Waals surface area contributed by atoms with Gasteiger partial charge in [0.1, 0.15) is 5.75 Å². The van der Waals surface area contributed by atoms with E-state index < -0.39 is 17.9 Å². The average molecular weight is 460 g/mol. The Kier molecular flexibility index (Phi) is 8.61. The van der Waals surface area contributed by atoms with E-state index in [0.717, 1.165) is 0 Å². The predicted molar refractivity (Wildman–Crippen MR) is 128 cm³/mol. The fourth-order valence-electron chi connectivity index (χ4n) is 2.32. The van der Waals surface area contributed by atoms with Gasteiger partial charge in [0, 0.05) is 22.3 Å². The summed E-state index contributed by atoms with van der Waals surface area (Å²) in [5.74, 6) is -1.94. The monoisotopic (exact) mass is 460 g/mol. The van der Waals surface area contributed by atoms with Crippen molar-refractivity contribution in [3.8, 4) is 17.2 Å². The van der Waals surface area contributed by atoms with Gasteiger partial charge in [-0.2, -0.15) is 0 Å². The molecule has 174 valence electrons. The molecular formula is C27H24O7. The van der Waals surface area contributed by atoms with Crippen molar-refractivity contribution >= 4 is 29.8 Å². The number of hydrogen-bond acceptors (Lipinski definition) is 7. The Hall–Kier alpha value is -4.52. The van der Waals surface area contributed by atoms with Crippen LogP contribution in [-0.4, -0.2) is 23.7 Å². The van der Waals surface area contributed by atoms with E-state index >= 15 is 0 Å². The normalized spacial score (nSPS) is 10.3. The molecule has 0 radical (unpaired) electrons. The number of hydrogen-bond donors (Lipinski definition) is 0. The highest BCUT2D eigenvalue weighted by Crippen LogP contribution is 2.30. The van der Waals surface area contributed by atoms with Crippen LogP contribution in [0.5, 0.6) is 17.2 Å². The van der Waals surface area contributed by atoms with Gasteiger partial charge in [-0.3, -0.25) is 4.79 Å². The maximum absolute atomic E-state index is 12.5. The van der Waals surface area contributed by atoms with E-state index in [1.54, 1.807) is 6.07 Å². The number of carbonyl (C=O) groups excluding carboxylic acids is 4. The molecular weight excluding hydrogens is 436 g/mol. The van der Waals surface area contributed by atoms with Crippen LogP contribution in [0.3, 0.4) is 0 Å². The fraction of sp³-hybridized carbons (Fsp3) is 0.111. The van der Waals surface area contributed by atoms with Gasteiger partial charge in [0.15, 0.2) is 17.3 Å². The minimum atomic E-state index is -0.697. The molecule has 0 aliphatic heterocycles. The first-order chi connectivity index (χ1) is 16.0. The Bertz CT molecular complexity index is 1210. The number of ether oxygens (including phenoxy) is 3. The van der Waals surface area contributed by atoms with E-state index in [4.69, 9.17) is 14.2 Å². The Morgan fingerprint density at radius 1 is 0.676 bits per heavy atom. The van der Waals surface area contributed by atoms with Crippen molar-refractivity contribution in [2.45, 2.75) is 20.8 Å². The summed E-state index contributed by atoms with van der Waals surface area (Å²) in [5.41, 5.74) is 1.47. The Morgan fingerprint density at radius 2 is 1.18 bits per heavy atom. The molecule has 0 spiro atoms. The molecule has 0 amide bonds. The van der Waals surface area contributed by atoms with Crippen LogP contribution in [0.15, 0.2) is 85.0 Å². The van der Waals surface area contributed by atoms with Crippen molar-refractivity contribution in [3.63, 3.8) is 0 Å². The first-order valence-corrected chi connectivity index (χ1v) is 10.1. The van der Waals surface area contributed by atoms with Crippen LogP contribution >= 0.6 is 0 Å². The zero-order chi connectivity index (χ0) is 25.4. The Morgan fingerprint density at radius 3 is 1.71 bits per heavy atom. The van der Waals surface area contributed by atoms with Gasteiger partial charge in [0.2, 0.25) is 0 Å². The third-order valence-electron chi connectivity index (χ3n) is 4.20. The molecule has 0 heterocycles. The summed E-state index contributed by atoms with van der Waals surface area (Å²) in [4.78, 5) is 48.0. The van der Waals surface area contributed by atoms with Crippen molar-refractivity contribution in [2.75, 3.05) is 0 Å². The summed E-state index contributed by atoms with van der Waals surface area (Å²) >= 11 is 0. The van der Waals surface area contributed by atoms with Gasteiger partial charge in [0.25, 0.3) is 0 Å². The number of allylic oxidation sites excluding steroid dienone is 1. The molecule has 2 aromatic carbocycles. The minimum Gasteiger partial charge on any atom is -0.423 e. The first-order valence-electron chi connectivity index (χ1n) is 10.1. The van der Waals surface area contributed by atoms with Crippen molar-refractivity contribution < 1.29 is 33.4 Å². The molecule has 0 atom stereocenters. The van der Waals surface area contributed by atoms with Crippen LogP contribution in [0.4, 0.5) is 0 Å². The summed E-state index contributed by atoms with van der Waals surface area (Å²) in [7, 11) is 0. The van der Waals surface area contributed by atoms with Crippen LogP contribution < -0.4 is 14.2 Å². The van der Waals surface area contributed by atoms with E-state index in [9.17, 15) is 19.2 Å². The van der Waals surface area contributed by atoms with Gasteiger partial charge >= 0.3 is 17.9 Å². The minimum absolute atomic E-state index is 0.0131. The summed E-state index contributed by atoms with van der Waals surface area (Å²) in [6.07, 6.45) is 2.84. The molecule has 0 saturated carbocycles. The topological polar surface area (TPSA) is 96.0 Å². The van der Waals surface area contributed by atoms with Crippen molar-refractivity contribution in [3.05, 3.63) is 96.1 Å². The number of benzene rings is 2. The molecule has 7 nitrogen and oxygen atoms in total. The van der Waals surface area contributed by atoms with Crippen LogP contribution in [0.25, 0.3) is 6.08 Å². The molecule has 0 saturated heterocycles.